The Labute approximate surface area is 128 Å². The van der Waals surface area contributed by atoms with Crippen molar-refractivity contribution in [2.24, 2.45) is 0 Å². The van der Waals surface area contributed by atoms with Crippen molar-refractivity contribution in [3.63, 3.8) is 0 Å². The van der Waals surface area contributed by atoms with Crippen molar-refractivity contribution in [2.75, 3.05) is 4.90 Å². The molecule has 0 aliphatic rings. The fraction of sp³-hybridized carbons (Fsp3) is 0.235. The van der Waals surface area contributed by atoms with Crippen LogP contribution in [0.25, 0.3) is 0 Å². The minimum absolute atomic E-state index is 0.357. The predicted molar refractivity (Wildman–Crippen MR) is 86.6 cm³/mol. The lowest BCUT2D eigenvalue weighted by molar-refractivity contribution is 0.682. The van der Waals surface area contributed by atoms with Crippen LogP contribution in [0.5, 0.6) is 0 Å². The first-order chi connectivity index (χ1) is 9.60. The van der Waals surface area contributed by atoms with E-state index < -0.39 is 0 Å². The van der Waals surface area contributed by atoms with Gasteiger partial charge in [0.25, 0.3) is 0 Å². The van der Waals surface area contributed by atoms with Crippen LogP contribution in [-0.2, 0) is 6.54 Å². The highest BCUT2D eigenvalue weighted by Gasteiger charge is 2.12. The van der Waals surface area contributed by atoms with E-state index in [9.17, 15) is 0 Å². The second kappa shape index (κ2) is 6.58. The van der Waals surface area contributed by atoms with Crippen molar-refractivity contribution in [3.05, 3.63) is 64.1 Å². The summed E-state index contributed by atoms with van der Waals surface area (Å²) in [5.41, 5.74) is 3.00. The van der Waals surface area contributed by atoms with Gasteiger partial charge >= 0.3 is 0 Å². The molecule has 3 heteroatoms. The number of nitriles is 1. The second-order valence-corrected chi connectivity index (χ2v) is 5.93. The van der Waals surface area contributed by atoms with Gasteiger partial charge in [0.2, 0.25) is 0 Å². The molecule has 0 heterocycles. The van der Waals surface area contributed by atoms with Gasteiger partial charge in [-0.2, -0.15) is 5.26 Å². The third kappa shape index (κ3) is 3.61. The molecular formula is C17H17BrN2. The number of hydrogen-bond donors (Lipinski definition) is 0. The van der Waals surface area contributed by atoms with E-state index in [2.05, 4.69) is 71.1 Å². The topological polar surface area (TPSA) is 27.0 Å². The summed E-state index contributed by atoms with van der Waals surface area (Å²) < 4.78 is 0.935. The third-order valence-electron chi connectivity index (χ3n) is 3.16. The fourth-order valence-corrected chi connectivity index (χ4v) is 2.64. The molecular weight excluding hydrogens is 312 g/mol. The molecule has 0 bridgehead atoms. The molecule has 0 saturated heterocycles. The lowest BCUT2D eigenvalue weighted by Gasteiger charge is -2.29. The molecule has 2 aromatic rings. The maximum atomic E-state index is 9.11. The summed E-state index contributed by atoms with van der Waals surface area (Å²) in [5.74, 6) is 0. The lowest BCUT2D eigenvalue weighted by atomic mass is 10.1. The van der Waals surface area contributed by atoms with Crippen molar-refractivity contribution in [3.8, 4) is 6.07 Å². The van der Waals surface area contributed by atoms with E-state index >= 15 is 0 Å². The summed E-state index contributed by atoms with van der Waals surface area (Å²) in [7, 11) is 0. The van der Waals surface area contributed by atoms with Gasteiger partial charge in [-0.3, -0.25) is 0 Å². The van der Waals surface area contributed by atoms with Crippen molar-refractivity contribution in [2.45, 2.75) is 26.4 Å². The molecule has 0 saturated carbocycles. The molecule has 0 spiro atoms. The first kappa shape index (κ1) is 14.6. The molecule has 20 heavy (non-hydrogen) atoms. The summed E-state index contributed by atoms with van der Waals surface area (Å²) in [6, 6.07) is 18.8. The summed E-state index contributed by atoms with van der Waals surface area (Å²) in [6.07, 6.45) is 0. The van der Waals surface area contributed by atoms with Gasteiger partial charge in [0.1, 0.15) is 0 Å². The van der Waals surface area contributed by atoms with Crippen LogP contribution >= 0.6 is 15.9 Å². The highest BCUT2D eigenvalue weighted by atomic mass is 79.9. The Morgan fingerprint density at radius 2 is 1.85 bits per heavy atom. The Hall–Kier alpha value is -1.79. The molecule has 0 aliphatic heterocycles. The van der Waals surface area contributed by atoms with Crippen LogP contribution in [0, 0.1) is 11.3 Å². The Bertz CT molecular complexity index is 615. The van der Waals surface area contributed by atoms with Crippen LogP contribution in [0.2, 0.25) is 0 Å². The first-order valence-corrected chi connectivity index (χ1v) is 7.40. The monoisotopic (exact) mass is 328 g/mol. The Balaban J connectivity index is 2.34. The maximum absolute atomic E-state index is 9.11. The van der Waals surface area contributed by atoms with Crippen LogP contribution in [0.4, 0.5) is 5.69 Å². The zero-order valence-corrected chi connectivity index (χ0v) is 13.3. The molecule has 0 fully saturated rings. The minimum Gasteiger partial charge on any atom is -0.365 e. The first-order valence-electron chi connectivity index (χ1n) is 6.61. The van der Waals surface area contributed by atoms with Crippen molar-refractivity contribution < 1.29 is 0 Å². The molecule has 0 aromatic heterocycles. The van der Waals surface area contributed by atoms with Gasteiger partial charge in [-0.15, -0.1) is 0 Å². The molecule has 0 radical (unpaired) electrons. The summed E-state index contributed by atoms with van der Waals surface area (Å²) in [5, 5.41) is 9.11. The highest BCUT2D eigenvalue weighted by Crippen LogP contribution is 2.25. The van der Waals surface area contributed by atoms with Crippen LogP contribution in [0.15, 0.2) is 53.0 Å². The van der Waals surface area contributed by atoms with E-state index in [1.807, 2.05) is 18.2 Å². The van der Waals surface area contributed by atoms with E-state index in [0.717, 1.165) is 16.7 Å². The van der Waals surface area contributed by atoms with Crippen molar-refractivity contribution in [1.29, 1.82) is 5.26 Å². The average molecular weight is 329 g/mol. The summed E-state index contributed by atoms with van der Waals surface area (Å²) in [4.78, 5) is 2.29. The van der Waals surface area contributed by atoms with Gasteiger partial charge in [-0.25, -0.2) is 0 Å². The minimum atomic E-state index is 0.357. The van der Waals surface area contributed by atoms with E-state index in [-0.39, 0.29) is 0 Å². The SMILES string of the molecule is CC(C)N(Cc1ccccc1)c1cc(Br)cc(C#N)c1. The van der Waals surface area contributed by atoms with E-state index in [1.165, 1.54) is 5.56 Å². The van der Waals surface area contributed by atoms with Crippen LogP contribution in [0.3, 0.4) is 0 Å². The van der Waals surface area contributed by atoms with Gasteiger partial charge in [0.05, 0.1) is 11.6 Å². The molecule has 0 amide bonds. The van der Waals surface area contributed by atoms with Gasteiger partial charge in [-0.1, -0.05) is 46.3 Å². The van der Waals surface area contributed by atoms with Gasteiger partial charge in [0, 0.05) is 22.7 Å². The van der Waals surface area contributed by atoms with E-state index in [0.29, 0.717) is 11.6 Å². The van der Waals surface area contributed by atoms with Gasteiger partial charge < -0.3 is 4.90 Å². The average Bonchev–Trinajstić information content (AvgIpc) is 2.44. The van der Waals surface area contributed by atoms with Crippen LogP contribution < -0.4 is 4.90 Å². The van der Waals surface area contributed by atoms with Crippen LogP contribution in [0.1, 0.15) is 25.0 Å². The summed E-state index contributed by atoms with van der Waals surface area (Å²) >= 11 is 3.48. The zero-order chi connectivity index (χ0) is 14.5. The fourth-order valence-electron chi connectivity index (χ4n) is 2.16. The molecule has 2 aromatic carbocycles. The lowest BCUT2D eigenvalue weighted by Crippen LogP contribution is -2.30. The number of hydrogen-bond acceptors (Lipinski definition) is 2. The molecule has 2 nitrogen and oxygen atoms in total. The van der Waals surface area contributed by atoms with E-state index in [4.69, 9.17) is 5.26 Å². The molecule has 0 aliphatic carbocycles. The number of rotatable bonds is 4. The Morgan fingerprint density at radius 1 is 1.15 bits per heavy atom. The normalized spacial score (nSPS) is 10.3. The number of nitrogens with zero attached hydrogens (tertiary/aromatic N) is 2. The van der Waals surface area contributed by atoms with Crippen molar-refractivity contribution in [1.82, 2.24) is 0 Å². The highest BCUT2D eigenvalue weighted by molar-refractivity contribution is 9.10. The second-order valence-electron chi connectivity index (χ2n) is 5.02. The molecule has 0 unspecified atom stereocenters. The number of benzene rings is 2. The standard InChI is InChI=1S/C17H17BrN2/c1-13(2)20(12-14-6-4-3-5-7-14)17-9-15(11-19)8-16(18)10-17/h3-10,13H,12H2,1-2H3. The van der Waals surface area contributed by atoms with Gasteiger partial charge in [0.15, 0.2) is 0 Å². The molecule has 102 valence electrons. The largest absolute Gasteiger partial charge is 0.365 e. The smallest absolute Gasteiger partial charge is 0.0992 e. The molecule has 0 N–H and O–H groups in total. The Kier molecular flexibility index (Phi) is 4.81. The van der Waals surface area contributed by atoms with Crippen LogP contribution in [-0.4, -0.2) is 6.04 Å². The maximum Gasteiger partial charge on any atom is 0.0992 e. The van der Waals surface area contributed by atoms with Gasteiger partial charge in [-0.05, 0) is 37.6 Å². The van der Waals surface area contributed by atoms with E-state index in [1.54, 1.807) is 0 Å². The quantitative estimate of drug-likeness (QED) is 0.810. The Morgan fingerprint density at radius 3 is 2.45 bits per heavy atom. The molecule has 0 atom stereocenters. The number of halogens is 1. The predicted octanol–water partition coefficient (Wildman–Crippen LogP) is 4.74. The summed E-state index contributed by atoms with van der Waals surface area (Å²) in [6.45, 7) is 5.16. The third-order valence-corrected chi connectivity index (χ3v) is 3.62. The molecule has 2 rings (SSSR count). The van der Waals surface area contributed by atoms with Crippen molar-refractivity contribution >= 4 is 21.6 Å². The zero-order valence-electron chi connectivity index (χ0n) is 11.7. The number of anilines is 1.